The lowest BCUT2D eigenvalue weighted by molar-refractivity contribution is -0.133. The first kappa shape index (κ1) is 54.4. The molecule has 2 amide bonds. The van der Waals surface area contributed by atoms with Crippen LogP contribution in [0.25, 0.3) is 0 Å². The van der Waals surface area contributed by atoms with Gasteiger partial charge >= 0.3 is 6.16 Å². The minimum atomic E-state index is -1.01. The van der Waals surface area contributed by atoms with E-state index >= 15 is 0 Å². The van der Waals surface area contributed by atoms with Crippen LogP contribution in [0, 0.1) is 17.6 Å². The second-order valence-electron chi connectivity index (χ2n) is 18.4. The summed E-state index contributed by atoms with van der Waals surface area (Å²) in [5.41, 5.74) is 3.62. The van der Waals surface area contributed by atoms with Gasteiger partial charge in [-0.3, -0.25) is 14.4 Å². The van der Waals surface area contributed by atoms with E-state index in [1.807, 2.05) is 96.0 Å². The largest absolute Gasteiger partial charge is 0.513 e. The molecule has 4 aromatic carbocycles. The molecule has 0 aliphatic carbocycles. The van der Waals surface area contributed by atoms with Gasteiger partial charge < -0.3 is 39.4 Å². The summed E-state index contributed by atoms with van der Waals surface area (Å²) in [6.45, 7) is 10.0. The first-order chi connectivity index (χ1) is 36.2. The van der Waals surface area contributed by atoms with Crippen LogP contribution >= 0.6 is 69.4 Å². The number of halogens is 4. The fraction of sp³-hybridized carbons (Fsp3) is 0.309. The molecule has 4 aliphatic rings. The van der Waals surface area contributed by atoms with Crippen LogP contribution in [0.15, 0.2) is 139 Å². The van der Waals surface area contributed by atoms with Gasteiger partial charge in [0.2, 0.25) is 5.91 Å². The zero-order valence-electron chi connectivity index (χ0n) is 40.8. The number of piperidine rings is 1. The van der Waals surface area contributed by atoms with Gasteiger partial charge in [0, 0.05) is 60.2 Å². The highest BCUT2D eigenvalue weighted by Crippen LogP contribution is 2.47. The second-order valence-corrected chi connectivity index (χ2v) is 23.0. The van der Waals surface area contributed by atoms with Gasteiger partial charge in [-0.1, -0.05) is 73.1 Å². The molecule has 3 fully saturated rings. The summed E-state index contributed by atoms with van der Waals surface area (Å²) in [4.78, 5) is 58.9. The predicted octanol–water partition coefficient (Wildman–Crippen LogP) is 11.8. The Kier molecular flexibility index (Phi) is 17.6. The Morgan fingerprint density at radius 3 is 1.68 bits per heavy atom. The van der Waals surface area contributed by atoms with Crippen LogP contribution in [0.3, 0.4) is 0 Å². The van der Waals surface area contributed by atoms with Crippen molar-refractivity contribution in [2.75, 3.05) is 69.0 Å². The number of amides is 2. The fourth-order valence-corrected chi connectivity index (χ4v) is 13.1. The molecule has 0 bridgehead atoms. The number of carbonyl (C=O) groups excluding carboxylic acids is 4. The van der Waals surface area contributed by atoms with E-state index in [0.717, 1.165) is 83.3 Å². The molecule has 12 nitrogen and oxygen atoms in total. The molecular weight excluding hydrogens is 1080 g/mol. The fourth-order valence-electron chi connectivity index (χ4n) is 9.20. The summed E-state index contributed by atoms with van der Waals surface area (Å²) in [5.74, 6) is -1.73. The van der Waals surface area contributed by atoms with Gasteiger partial charge in [-0.2, -0.15) is 22.7 Å². The number of carbonyl (C=O) groups is 4. The summed E-state index contributed by atoms with van der Waals surface area (Å²) in [6, 6.07) is 27.8. The minimum absolute atomic E-state index is 0.105. The van der Waals surface area contributed by atoms with Crippen LogP contribution in [-0.4, -0.2) is 88.2 Å². The number of anilines is 2. The zero-order chi connectivity index (χ0) is 52.7. The summed E-state index contributed by atoms with van der Waals surface area (Å²) in [7, 11) is 0. The van der Waals surface area contributed by atoms with Crippen LogP contribution in [0.1, 0.15) is 48.9 Å². The van der Waals surface area contributed by atoms with Crippen LogP contribution in [0.4, 0.5) is 25.0 Å². The Labute approximate surface area is 460 Å². The summed E-state index contributed by atoms with van der Waals surface area (Å²) in [6.07, 6.45) is -0.638. The molecule has 0 saturated carbocycles. The van der Waals surface area contributed by atoms with E-state index in [4.69, 9.17) is 42.1 Å². The molecule has 0 radical (unpaired) electrons. The molecule has 6 aromatic rings. The highest BCUT2D eigenvalue weighted by Gasteiger charge is 2.48. The Bertz CT molecular complexity index is 3010. The molecule has 6 heterocycles. The third kappa shape index (κ3) is 12.6. The molecule has 0 spiro atoms. The molecular formula is C55H52Cl2F2N4O8S4. The van der Waals surface area contributed by atoms with Crippen LogP contribution in [-0.2, 0) is 44.4 Å². The predicted molar refractivity (Wildman–Crippen MR) is 292 cm³/mol. The van der Waals surface area contributed by atoms with Gasteiger partial charge in [0.15, 0.2) is 5.78 Å². The SMILES string of the molecule is CC(C)COC(=O)OC1=C(Sc2ccc(F)cc2Cl)C(=O)NC(c2ccc(N3CCOCC3)cc2)(c2ccsc2)C1.O=C1CC(c2ccc(N3CCOCC3)cc2)(c2ccsc2)NC(=O)C1Sc1ccc(F)cc1Cl. The lowest BCUT2D eigenvalue weighted by Crippen LogP contribution is -2.57. The van der Waals surface area contributed by atoms with E-state index in [0.29, 0.717) is 36.2 Å². The highest BCUT2D eigenvalue weighted by molar-refractivity contribution is 8.04. The summed E-state index contributed by atoms with van der Waals surface area (Å²) >= 11 is 17.5. The summed E-state index contributed by atoms with van der Waals surface area (Å²) in [5, 5.41) is 13.5. The number of ether oxygens (including phenoxy) is 4. The van der Waals surface area contributed by atoms with Crippen LogP contribution < -0.4 is 20.4 Å². The van der Waals surface area contributed by atoms with Gasteiger partial charge in [-0.05, 0) is 122 Å². The minimum Gasteiger partial charge on any atom is -0.434 e. The third-order valence-corrected chi connectivity index (χ3v) is 17.7. The van der Waals surface area contributed by atoms with E-state index in [1.165, 1.54) is 59.1 Å². The van der Waals surface area contributed by atoms with E-state index in [-0.39, 0.29) is 57.8 Å². The number of Topliss-reactive ketones (excluding diaryl/α,β-unsaturated/α-hetero) is 1. The van der Waals surface area contributed by atoms with Gasteiger partial charge in [0.05, 0.1) is 54.2 Å². The topological polar surface area (TPSA) is 136 Å². The first-order valence-corrected chi connectivity index (χ1v) is 28.5. The Morgan fingerprint density at radius 1 is 0.707 bits per heavy atom. The van der Waals surface area contributed by atoms with Crippen molar-refractivity contribution in [1.29, 1.82) is 0 Å². The Morgan fingerprint density at radius 2 is 1.21 bits per heavy atom. The number of rotatable bonds is 13. The first-order valence-electron chi connectivity index (χ1n) is 24.1. The maximum atomic E-state index is 13.9. The highest BCUT2D eigenvalue weighted by atomic mass is 35.5. The van der Waals surface area contributed by atoms with Gasteiger partial charge in [0.1, 0.15) is 27.5 Å². The number of hydrogen-bond acceptors (Lipinski definition) is 14. The summed E-state index contributed by atoms with van der Waals surface area (Å²) < 4.78 is 49.1. The molecule has 20 heteroatoms. The number of thioether (sulfide) groups is 2. The zero-order valence-corrected chi connectivity index (χ0v) is 45.6. The normalized spacial score (nSPS) is 21.1. The van der Waals surface area contributed by atoms with Crippen molar-refractivity contribution >= 4 is 105 Å². The molecule has 392 valence electrons. The average molecular weight is 1130 g/mol. The van der Waals surface area contributed by atoms with Crippen molar-refractivity contribution in [3.05, 3.63) is 173 Å². The van der Waals surface area contributed by atoms with E-state index < -0.39 is 40.0 Å². The van der Waals surface area contributed by atoms with Gasteiger partial charge in [-0.15, -0.1) is 11.8 Å². The maximum Gasteiger partial charge on any atom is 0.513 e. The smallest absolute Gasteiger partial charge is 0.434 e. The molecule has 3 atom stereocenters. The molecule has 4 aliphatic heterocycles. The number of ketones is 1. The van der Waals surface area contributed by atoms with Crippen molar-refractivity contribution in [2.45, 2.75) is 52.8 Å². The van der Waals surface area contributed by atoms with Crippen molar-refractivity contribution in [3.8, 4) is 0 Å². The standard InChI is InChI=1S/C30H30ClFN2O5S2.C25H22ClFN2O3S2/c1-19(2)17-38-29(36)39-25-16-30(21-9-14-40-18-21,20-3-6-23(7-4-20)34-10-12-37-13-11-34)33-28(35)27(25)41-26-8-5-22(32)15-24(26)31;26-20-13-18(27)3-6-22(20)34-23-21(30)14-25(28-24(23)31,17-7-12-33-15-17)16-1-4-19(5-2-16)29-8-10-32-11-9-29/h3-9,14-15,18-19H,10-13,16-17H2,1-2H3,(H,33,35);1-7,12-13,15,23H,8-11,14H2,(H,28,31). The molecule has 10 rings (SSSR count). The Hall–Kier alpha value is -5.44. The van der Waals surface area contributed by atoms with E-state index in [1.54, 1.807) is 0 Å². The maximum absolute atomic E-state index is 13.9. The lowest BCUT2D eigenvalue weighted by atomic mass is 9.77. The molecule has 75 heavy (non-hydrogen) atoms. The number of nitrogens with one attached hydrogen (secondary N) is 2. The average Bonchev–Trinajstić information content (AvgIpc) is 4.17. The molecule has 3 unspecified atom stereocenters. The van der Waals surface area contributed by atoms with Crippen molar-refractivity contribution in [3.63, 3.8) is 0 Å². The second kappa shape index (κ2) is 24.3. The van der Waals surface area contributed by atoms with E-state index in [2.05, 4.69) is 20.4 Å². The number of nitrogens with zero attached hydrogens (tertiary/aromatic N) is 2. The number of thiophene rings is 2. The quantitative estimate of drug-likeness (QED) is 0.0842. The van der Waals surface area contributed by atoms with Crippen molar-refractivity contribution in [1.82, 2.24) is 10.6 Å². The van der Waals surface area contributed by atoms with Crippen LogP contribution in [0.2, 0.25) is 10.0 Å². The van der Waals surface area contributed by atoms with Crippen molar-refractivity contribution < 1.29 is 46.9 Å². The van der Waals surface area contributed by atoms with Crippen molar-refractivity contribution in [2.24, 2.45) is 5.92 Å². The lowest BCUT2D eigenvalue weighted by Gasteiger charge is -2.40. The van der Waals surface area contributed by atoms with Gasteiger partial charge in [-0.25, -0.2) is 13.6 Å². The van der Waals surface area contributed by atoms with Crippen LogP contribution in [0.5, 0.6) is 0 Å². The molecule has 3 saturated heterocycles. The number of hydrogen-bond donors (Lipinski definition) is 2. The molecule has 2 aromatic heterocycles. The monoisotopic (exact) mass is 1130 g/mol. The van der Waals surface area contributed by atoms with E-state index in [9.17, 15) is 28.0 Å². The number of benzene rings is 4. The number of morpholine rings is 2. The molecule has 2 N–H and O–H groups in total. The third-order valence-electron chi connectivity index (χ3n) is 13.0. The Balaban J connectivity index is 0.000000187. The van der Waals surface area contributed by atoms with Gasteiger partial charge in [0.25, 0.3) is 5.91 Å².